The summed E-state index contributed by atoms with van der Waals surface area (Å²) in [5.74, 6) is 0. The fourth-order valence-corrected chi connectivity index (χ4v) is 5.20. The van der Waals surface area contributed by atoms with Gasteiger partial charge in [0.2, 0.25) is 9.76 Å². The Morgan fingerprint density at radius 1 is 1.00 bits per heavy atom. The number of nitrogens with zero attached hydrogens (tertiary/aromatic N) is 1. The van der Waals surface area contributed by atoms with Crippen LogP contribution in [0, 0.1) is 0 Å². The van der Waals surface area contributed by atoms with Crippen LogP contribution in [0.15, 0.2) is 46.2 Å². The fraction of sp³-hybridized carbons (Fsp3) is 0.429. The van der Waals surface area contributed by atoms with Crippen molar-refractivity contribution in [3.05, 3.63) is 47.5 Å². The third kappa shape index (κ3) is 3.72. The zero-order valence-electron chi connectivity index (χ0n) is 16.4. The lowest BCUT2D eigenvalue weighted by atomic mass is 9.97. The second kappa shape index (κ2) is 7.04. The highest BCUT2D eigenvalue weighted by Gasteiger charge is 2.32. The number of fused-ring (bicyclic) bond motifs is 2. The molecule has 0 saturated heterocycles. The molecule has 0 spiro atoms. The second-order valence-corrected chi connectivity index (χ2v) is 11.1. The van der Waals surface area contributed by atoms with Crippen LogP contribution < -0.4 is 4.90 Å². The summed E-state index contributed by atoms with van der Waals surface area (Å²) in [6, 6.07) is 12.5. The Labute approximate surface area is 163 Å². The van der Waals surface area contributed by atoms with Crippen molar-refractivity contribution in [2.24, 2.45) is 0 Å². The normalized spacial score (nSPS) is 14.2. The summed E-state index contributed by atoms with van der Waals surface area (Å²) >= 11 is 1.75. The highest BCUT2D eigenvalue weighted by molar-refractivity contribution is 7.99. The van der Waals surface area contributed by atoms with Gasteiger partial charge in [0.1, 0.15) is 0 Å². The molecule has 2 aromatic carbocycles. The van der Waals surface area contributed by atoms with Gasteiger partial charge in [0.15, 0.2) is 0 Å². The van der Waals surface area contributed by atoms with Gasteiger partial charge in [0, 0.05) is 16.8 Å². The molecular formula is C21H27NO2SSi. The molecule has 1 heterocycles. The average Bonchev–Trinajstić information content (AvgIpc) is 2.59. The minimum atomic E-state index is -0.378. The summed E-state index contributed by atoms with van der Waals surface area (Å²) in [4.78, 5) is 4.56. The van der Waals surface area contributed by atoms with Crippen LogP contribution in [0.5, 0.6) is 0 Å². The minimum absolute atomic E-state index is 0.0484. The molecule has 1 aliphatic rings. The van der Waals surface area contributed by atoms with Crippen molar-refractivity contribution in [1.82, 2.24) is 0 Å². The molecule has 0 amide bonds. The van der Waals surface area contributed by atoms with Crippen molar-refractivity contribution in [3.8, 4) is 0 Å². The summed E-state index contributed by atoms with van der Waals surface area (Å²) in [6.45, 7) is 11.0. The molecule has 0 aromatic heterocycles. The van der Waals surface area contributed by atoms with Gasteiger partial charge in [0.05, 0.1) is 23.6 Å². The Hall–Kier alpha value is -1.27. The number of aliphatic hydroxyl groups excluding tert-OH is 1. The number of rotatable bonds is 4. The zero-order valence-corrected chi connectivity index (χ0v) is 18.2. The third-order valence-corrected chi connectivity index (χ3v) is 6.96. The maximum absolute atomic E-state index is 9.78. The van der Waals surface area contributed by atoms with Gasteiger partial charge in [0.25, 0.3) is 0 Å². The molecule has 3 rings (SSSR count). The third-order valence-electron chi connectivity index (χ3n) is 4.43. The number of anilines is 2. The first-order valence-electron chi connectivity index (χ1n) is 8.87. The van der Waals surface area contributed by atoms with E-state index >= 15 is 0 Å². The maximum Gasteiger partial charge on any atom is 0.236 e. The standard InChI is InChI=1S/C21H27NO2SSi/c1-20(2,3)26-24-21(4,5)15-10-8-12-17-19(15)25-18-14(13-23)9-7-11-16(18)22(17)6/h7-12,23H,13H2,1-6H3. The van der Waals surface area contributed by atoms with E-state index in [0.717, 1.165) is 16.1 Å². The molecule has 138 valence electrons. The lowest BCUT2D eigenvalue weighted by Crippen LogP contribution is -2.29. The van der Waals surface area contributed by atoms with E-state index in [1.807, 2.05) is 12.1 Å². The van der Waals surface area contributed by atoms with Gasteiger partial charge in [-0.2, -0.15) is 0 Å². The molecule has 0 unspecified atom stereocenters. The first kappa shape index (κ1) is 19.5. The van der Waals surface area contributed by atoms with E-state index in [1.54, 1.807) is 11.8 Å². The van der Waals surface area contributed by atoms with Crippen LogP contribution in [-0.2, 0) is 16.6 Å². The van der Waals surface area contributed by atoms with Crippen LogP contribution in [0.4, 0.5) is 11.4 Å². The summed E-state index contributed by atoms with van der Waals surface area (Å²) in [7, 11) is 2.51. The van der Waals surface area contributed by atoms with E-state index in [9.17, 15) is 5.11 Å². The van der Waals surface area contributed by atoms with Gasteiger partial charge >= 0.3 is 0 Å². The average molecular weight is 386 g/mol. The molecule has 26 heavy (non-hydrogen) atoms. The van der Waals surface area contributed by atoms with Crippen LogP contribution >= 0.6 is 11.8 Å². The molecule has 2 radical (unpaired) electrons. The molecule has 2 aromatic rings. The molecule has 0 fully saturated rings. The lowest BCUT2D eigenvalue weighted by Gasteiger charge is -2.36. The van der Waals surface area contributed by atoms with E-state index in [4.69, 9.17) is 4.43 Å². The molecule has 0 atom stereocenters. The Kier molecular flexibility index (Phi) is 5.28. The van der Waals surface area contributed by atoms with Gasteiger partial charge < -0.3 is 14.4 Å². The zero-order chi connectivity index (χ0) is 19.1. The molecule has 3 nitrogen and oxygen atoms in total. The smallest absolute Gasteiger partial charge is 0.236 e. The first-order chi connectivity index (χ1) is 12.1. The minimum Gasteiger partial charge on any atom is -0.408 e. The lowest BCUT2D eigenvalue weighted by molar-refractivity contribution is 0.106. The fourth-order valence-electron chi connectivity index (χ4n) is 3.02. The number of hydrogen-bond donors (Lipinski definition) is 1. The Morgan fingerprint density at radius 2 is 1.62 bits per heavy atom. The van der Waals surface area contributed by atoms with Crippen molar-refractivity contribution in [1.29, 1.82) is 0 Å². The van der Waals surface area contributed by atoms with Gasteiger partial charge in [-0.25, -0.2) is 0 Å². The molecular weight excluding hydrogens is 358 g/mol. The van der Waals surface area contributed by atoms with Crippen LogP contribution in [0.25, 0.3) is 0 Å². The van der Waals surface area contributed by atoms with Crippen molar-refractivity contribution in [2.75, 3.05) is 11.9 Å². The second-order valence-electron chi connectivity index (χ2n) is 8.20. The monoisotopic (exact) mass is 385 g/mol. The van der Waals surface area contributed by atoms with Crippen LogP contribution in [-0.4, -0.2) is 21.9 Å². The van der Waals surface area contributed by atoms with E-state index in [0.29, 0.717) is 9.76 Å². The van der Waals surface area contributed by atoms with Crippen LogP contribution in [0.1, 0.15) is 45.7 Å². The maximum atomic E-state index is 9.78. The predicted molar refractivity (Wildman–Crippen MR) is 111 cm³/mol. The van der Waals surface area contributed by atoms with Gasteiger partial charge in [-0.1, -0.05) is 56.8 Å². The first-order valence-corrected chi connectivity index (χ1v) is 10.6. The summed E-state index contributed by atoms with van der Waals surface area (Å²) < 4.78 is 6.37. The van der Waals surface area contributed by atoms with E-state index in [1.165, 1.54) is 16.1 Å². The van der Waals surface area contributed by atoms with E-state index < -0.39 is 0 Å². The summed E-state index contributed by atoms with van der Waals surface area (Å²) in [5.41, 5.74) is 4.11. The number of aliphatic hydroxyl groups is 1. The Morgan fingerprint density at radius 3 is 2.23 bits per heavy atom. The van der Waals surface area contributed by atoms with E-state index in [-0.39, 0.29) is 17.2 Å². The van der Waals surface area contributed by atoms with Crippen molar-refractivity contribution in [2.45, 2.75) is 61.7 Å². The van der Waals surface area contributed by atoms with E-state index in [2.05, 4.69) is 70.8 Å². The molecule has 0 saturated carbocycles. The summed E-state index contributed by atoms with van der Waals surface area (Å²) in [6.07, 6.45) is 0. The van der Waals surface area contributed by atoms with Gasteiger partial charge in [-0.05, 0) is 42.1 Å². The van der Waals surface area contributed by atoms with Crippen LogP contribution in [0.2, 0.25) is 5.04 Å². The molecule has 0 aliphatic carbocycles. The Balaban J connectivity index is 2.05. The molecule has 5 heteroatoms. The summed E-state index contributed by atoms with van der Waals surface area (Å²) in [5, 5.41) is 9.92. The SMILES string of the molecule is CN1c2cccc(CO)c2Sc2c1cccc2C(C)(C)O[Si]C(C)(C)C. The van der Waals surface area contributed by atoms with Gasteiger partial charge in [-0.15, -0.1) is 0 Å². The highest BCUT2D eigenvalue weighted by Crippen LogP contribution is 2.52. The topological polar surface area (TPSA) is 32.7 Å². The largest absolute Gasteiger partial charge is 0.408 e. The van der Waals surface area contributed by atoms with Crippen molar-refractivity contribution >= 4 is 32.9 Å². The van der Waals surface area contributed by atoms with Crippen molar-refractivity contribution < 1.29 is 9.53 Å². The molecule has 1 aliphatic heterocycles. The number of benzene rings is 2. The Bertz CT molecular complexity index is 814. The molecule has 1 N–H and O–H groups in total. The van der Waals surface area contributed by atoms with Crippen molar-refractivity contribution in [3.63, 3.8) is 0 Å². The van der Waals surface area contributed by atoms with Crippen LogP contribution in [0.3, 0.4) is 0 Å². The highest BCUT2D eigenvalue weighted by atomic mass is 32.2. The quantitative estimate of drug-likeness (QED) is 0.704. The number of hydrogen-bond acceptors (Lipinski definition) is 4. The van der Waals surface area contributed by atoms with Gasteiger partial charge in [-0.3, -0.25) is 0 Å². The molecule has 0 bridgehead atoms. The predicted octanol–water partition coefficient (Wildman–Crippen LogP) is 5.50.